The number of nitrogens with zero attached hydrogens (tertiary/aromatic N) is 3. The van der Waals surface area contributed by atoms with Crippen molar-refractivity contribution in [1.82, 2.24) is 5.01 Å². The summed E-state index contributed by atoms with van der Waals surface area (Å²) in [5.74, 6) is 0. The van der Waals surface area contributed by atoms with Gasteiger partial charge in [-0.1, -0.05) is 41.4 Å². The van der Waals surface area contributed by atoms with E-state index >= 15 is 0 Å². The van der Waals surface area contributed by atoms with Gasteiger partial charge in [0.2, 0.25) is 0 Å². The molecule has 0 unspecified atom stereocenters. The molecular weight excluding hydrogens is 375 g/mol. The van der Waals surface area contributed by atoms with Crippen molar-refractivity contribution in [2.75, 3.05) is 26.2 Å². The van der Waals surface area contributed by atoms with Crippen LogP contribution in [0.5, 0.6) is 0 Å². The lowest BCUT2D eigenvalue weighted by molar-refractivity contribution is -0.918. The number of quaternary nitrogens is 1. The molecule has 0 saturated carbocycles. The summed E-state index contributed by atoms with van der Waals surface area (Å²) in [5, 5.41) is 18.3. The van der Waals surface area contributed by atoms with Crippen LogP contribution in [0.25, 0.3) is 0 Å². The Balaban J connectivity index is 1.53. The number of nitrogens with one attached hydrogen (secondary N) is 1. The average Bonchev–Trinajstić information content (AvgIpc) is 2.64. The summed E-state index contributed by atoms with van der Waals surface area (Å²) in [6.07, 6.45) is 1.65. The molecular formula is C18H19Cl2N4O2+. The minimum atomic E-state index is -0.488. The second-order valence-corrected chi connectivity index (χ2v) is 7.06. The number of hydrogen-bond donors (Lipinski definition) is 1. The smallest absolute Gasteiger partial charge is 0.288 e. The van der Waals surface area contributed by atoms with Crippen LogP contribution in [0.4, 0.5) is 5.69 Å². The van der Waals surface area contributed by atoms with Gasteiger partial charge in [0.05, 0.1) is 37.3 Å². The second kappa shape index (κ2) is 8.49. The van der Waals surface area contributed by atoms with Gasteiger partial charge in [-0.25, -0.2) is 0 Å². The molecule has 1 N–H and O–H groups in total. The van der Waals surface area contributed by atoms with E-state index in [9.17, 15) is 10.1 Å². The van der Waals surface area contributed by atoms with Crippen LogP contribution < -0.4 is 4.90 Å². The zero-order chi connectivity index (χ0) is 18.5. The third-order valence-corrected chi connectivity index (χ3v) is 4.92. The Morgan fingerprint density at radius 3 is 2.50 bits per heavy atom. The number of rotatable bonds is 5. The van der Waals surface area contributed by atoms with Gasteiger partial charge in [0.15, 0.2) is 0 Å². The van der Waals surface area contributed by atoms with E-state index < -0.39 is 4.92 Å². The first kappa shape index (κ1) is 18.6. The summed E-state index contributed by atoms with van der Waals surface area (Å²) >= 11 is 11.7. The molecule has 1 heterocycles. The van der Waals surface area contributed by atoms with E-state index in [2.05, 4.69) is 17.2 Å². The number of piperazine rings is 1. The molecule has 0 spiro atoms. The standard InChI is InChI=1S/C18H18Cl2N4O2/c19-16-4-1-14(2-5-16)13-22-7-9-23(10-8-22)21-12-15-3-6-17(20)18(11-15)24(25)26/h1-6,11-12H,7-10,13H2/p+1. The van der Waals surface area contributed by atoms with E-state index in [0.29, 0.717) is 5.56 Å². The van der Waals surface area contributed by atoms with Gasteiger partial charge < -0.3 is 4.90 Å². The maximum atomic E-state index is 10.9. The van der Waals surface area contributed by atoms with Crippen molar-refractivity contribution in [2.45, 2.75) is 6.54 Å². The summed E-state index contributed by atoms with van der Waals surface area (Å²) in [4.78, 5) is 12.0. The molecule has 0 aliphatic carbocycles. The van der Waals surface area contributed by atoms with Gasteiger partial charge in [-0.15, -0.1) is 0 Å². The summed E-state index contributed by atoms with van der Waals surface area (Å²) in [7, 11) is 0. The maximum Gasteiger partial charge on any atom is 0.288 e. The van der Waals surface area contributed by atoms with Gasteiger partial charge in [0, 0.05) is 22.2 Å². The fourth-order valence-corrected chi connectivity index (χ4v) is 3.21. The first-order valence-corrected chi connectivity index (χ1v) is 9.08. The molecule has 0 radical (unpaired) electrons. The third-order valence-electron chi connectivity index (χ3n) is 4.35. The highest BCUT2D eigenvalue weighted by atomic mass is 35.5. The quantitative estimate of drug-likeness (QED) is 0.482. The van der Waals surface area contributed by atoms with Gasteiger partial charge in [-0.3, -0.25) is 15.1 Å². The van der Waals surface area contributed by atoms with Crippen molar-refractivity contribution in [3.63, 3.8) is 0 Å². The monoisotopic (exact) mass is 393 g/mol. The van der Waals surface area contributed by atoms with Crippen LogP contribution in [-0.4, -0.2) is 42.3 Å². The van der Waals surface area contributed by atoms with Crippen LogP contribution in [0.1, 0.15) is 11.1 Å². The Kier molecular flexibility index (Phi) is 6.08. The van der Waals surface area contributed by atoms with Gasteiger partial charge in [0.1, 0.15) is 11.6 Å². The number of hydrazone groups is 1. The van der Waals surface area contributed by atoms with Crippen molar-refractivity contribution >= 4 is 35.1 Å². The highest BCUT2D eigenvalue weighted by molar-refractivity contribution is 6.32. The second-order valence-electron chi connectivity index (χ2n) is 6.22. The van der Waals surface area contributed by atoms with E-state index in [1.54, 1.807) is 12.3 Å². The minimum absolute atomic E-state index is 0.104. The maximum absolute atomic E-state index is 10.9. The van der Waals surface area contributed by atoms with Crippen LogP contribution in [0.15, 0.2) is 47.6 Å². The SMILES string of the molecule is O=[N+]([O-])c1cc(C=NN2CC[NH+](Cc3ccc(Cl)cc3)CC2)ccc1Cl. The Bertz CT molecular complexity index is 803. The topological polar surface area (TPSA) is 63.2 Å². The lowest BCUT2D eigenvalue weighted by Gasteiger charge is -2.30. The Hall–Kier alpha value is -2.15. The largest absolute Gasteiger partial charge is 0.328 e. The van der Waals surface area contributed by atoms with Gasteiger partial charge in [-0.05, 0) is 18.2 Å². The van der Waals surface area contributed by atoms with E-state index in [-0.39, 0.29) is 10.7 Å². The molecule has 6 nitrogen and oxygen atoms in total. The fraction of sp³-hybridized carbons (Fsp3) is 0.278. The van der Waals surface area contributed by atoms with Crippen LogP contribution in [0.2, 0.25) is 10.0 Å². The zero-order valence-electron chi connectivity index (χ0n) is 14.1. The number of nitro benzene ring substituents is 1. The first-order valence-electron chi connectivity index (χ1n) is 8.32. The molecule has 0 bridgehead atoms. The minimum Gasteiger partial charge on any atom is -0.328 e. The number of nitro groups is 1. The molecule has 2 aromatic rings. The van der Waals surface area contributed by atoms with Crippen molar-refractivity contribution in [3.05, 3.63) is 73.8 Å². The zero-order valence-corrected chi connectivity index (χ0v) is 15.6. The van der Waals surface area contributed by atoms with Gasteiger partial charge in [0.25, 0.3) is 5.69 Å². The molecule has 1 aliphatic rings. The number of halogens is 2. The third kappa shape index (κ3) is 4.94. The Morgan fingerprint density at radius 2 is 1.85 bits per heavy atom. The lowest BCUT2D eigenvalue weighted by atomic mass is 10.2. The molecule has 1 fully saturated rings. The molecule has 0 atom stereocenters. The Labute approximate surface area is 161 Å². The van der Waals surface area contributed by atoms with Gasteiger partial charge in [-0.2, -0.15) is 5.10 Å². The molecule has 0 amide bonds. The highest BCUT2D eigenvalue weighted by Gasteiger charge is 2.19. The van der Waals surface area contributed by atoms with Crippen LogP contribution in [-0.2, 0) is 6.54 Å². The van der Waals surface area contributed by atoms with Crippen LogP contribution in [0, 0.1) is 10.1 Å². The van der Waals surface area contributed by atoms with Crippen molar-refractivity contribution < 1.29 is 9.82 Å². The Morgan fingerprint density at radius 1 is 1.15 bits per heavy atom. The van der Waals surface area contributed by atoms with E-state index in [1.165, 1.54) is 22.6 Å². The predicted octanol–water partition coefficient (Wildman–Crippen LogP) is 2.64. The summed E-state index contributed by atoms with van der Waals surface area (Å²) < 4.78 is 0. The van der Waals surface area contributed by atoms with Gasteiger partial charge >= 0.3 is 0 Å². The predicted molar refractivity (Wildman–Crippen MR) is 103 cm³/mol. The number of hydrogen-bond acceptors (Lipinski definition) is 4. The molecule has 136 valence electrons. The van der Waals surface area contributed by atoms with Crippen molar-refractivity contribution in [3.8, 4) is 0 Å². The molecule has 3 rings (SSSR count). The summed E-state index contributed by atoms with van der Waals surface area (Å²) in [6.45, 7) is 4.63. The first-order chi connectivity index (χ1) is 12.5. The normalized spacial score (nSPS) is 15.5. The lowest BCUT2D eigenvalue weighted by Crippen LogP contribution is -3.13. The number of benzene rings is 2. The molecule has 1 aliphatic heterocycles. The average molecular weight is 394 g/mol. The summed E-state index contributed by atoms with van der Waals surface area (Å²) in [6, 6.07) is 12.6. The van der Waals surface area contributed by atoms with E-state index in [1.807, 2.05) is 17.1 Å². The molecule has 26 heavy (non-hydrogen) atoms. The van der Waals surface area contributed by atoms with E-state index in [0.717, 1.165) is 37.7 Å². The van der Waals surface area contributed by atoms with Crippen molar-refractivity contribution in [2.24, 2.45) is 5.10 Å². The summed E-state index contributed by atoms with van der Waals surface area (Å²) in [5.41, 5.74) is 1.83. The molecule has 8 heteroatoms. The molecule has 0 aromatic heterocycles. The fourth-order valence-electron chi connectivity index (χ4n) is 2.89. The van der Waals surface area contributed by atoms with E-state index in [4.69, 9.17) is 23.2 Å². The highest BCUT2D eigenvalue weighted by Crippen LogP contribution is 2.24. The van der Waals surface area contributed by atoms with Crippen molar-refractivity contribution in [1.29, 1.82) is 0 Å². The van der Waals surface area contributed by atoms with Crippen LogP contribution in [0.3, 0.4) is 0 Å². The van der Waals surface area contributed by atoms with Crippen LogP contribution >= 0.6 is 23.2 Å². The molecule has 1 saturated heterocycles. The molecule has 2 aromatic carbocycles.